The van der Waals surface area contributed by atoms with Gasteiger partial charge in [0.05, 0.1) is 0 Å². The second-order valence-electron chi connectivity index (χ2n) is 7.94. The molecule has 1 saturated heterocycles. The number of hydrogen-bond acceptors (Lipinski definition) is 3. The van der Waals surface area contributed by atoms with Gasteiger partial charge in [0.15, 0.2) is 5.78 Å². The van der Waals surface area contributed by atoms with E-state index in [0.29, 0.717) is 18.0 Å². The van der Waals surface area contributed by atoms with Gasteiger partial charge in [-0.3, -0.25) is 9.59 Å². The number of benzene rings is 1. The van der Waals surface area contributed by atoms with Gasteiger partial charge in [0.25, 0.3) is 0 Å². The molecule has 0 bridgehead atoms. The predicted octanol–water partition coefficient (Wildman–Crippen LogP) is 2.85. The Morgan fingerprint density at radius 2 is 1.85 bits per heavy atom. The van der Waals surface area contributed by atoms with Crippen molar-refractivity contribution in [2.45, 2.75) is 57.4 Å². The summed E-state index contributed by atoms with van der Waals surface area (Å²) >= 11 is 0. The molecule has 1 N–H and O–H groups in total. The quantitative estimate of drug-likeness (QED) is 0.824. The lowest BCUT2D eigenvalue weighted by molar-refractivity contribution is -0.149. The first-order chi connectivity index (χ1) is 12.5. The summed E-state index contributed by atoms with van der Waals surface area (Å²) in [4.78, 5) is 38.3. The van der Waals surface area contributed by atoms with E-state index in [1.54, 1.807) is 0 Å². The van der Waals surface area contributed by atoms with E-state index in [1.807, 2.05) is 18.2 Å². The van der Waals surface area contributed by atoms with Crippen molar-refractivity contribution in [3.05, 3.63) is 34.9 Å². The molecule has 1 aromatic rings. The van der Waals surface area contributed by atoms with Crippen LogP contribution in [0.1, 0.15) is 60.0 Å². The smallest absolute Gasteiger partial charge is 0.326 e. The molecule has 3 atom stereocenters. The SMILES string of the molecule is O=C(CCC(=O)N1CC2CCCC2C1C(=O)O)c1ccc2c(c1)CCC2. The van der Waals surface area contributed by atoms with Gasteiger partial charge in [-0.2, -0.15) is 0 Å². The number of likely N-dealkylation sites (tertiary alicyclic amines) is 1. The highest BCUT2D eigenvalue weighted by Gasteiger charge is 2.49. The van der Waals surface area contributed by atoms with E-state index in [9.17, 15) is 19.5 Å². The molecule has 2 fully saturated rings. The Bertz CT molecular complexity index is 756. The molecule has 3 unspecified atom stereocenters. The molecule has 1 aromatic carbocycles. The Kier molecular flexibility index (Phi) is 4.55. The van der Waals surface area contributed by atoms with Gasteiger partial charge in [-0.25, -0.2) is 4.79 Å². The largest absolute Gasteiger partial charge is 0.480 e. The molecular formula is C21H25NO4. The minimum absolute atomic E-state index is 0.0284. The highest BCUT2D eigenvalue weighted by molar-refractivity contribution is 5.98. The number of amides is 1. The minimum Gasteiger partial charge on any atom is -0.480 e. The molecule has 5 nitrogen and oxygen atoms in total. The van der Waals surface area contributed by atoms with Crippen molar-refractivity contribution in [1.29, 1.82) is 0 Å². The monoisotopic (exact) mass is 355 g/mol. The van der Waals surface area contributed by atoms with Crippen LogP contribution in [0.25, 0.3) is 0 Å². The van der Waals surface area contributed by atoms with E-state index >= 15 is 0 Å². The van der Waals surface area contributed by atoms with Crippen LogP contribution in [-0.4, -0.2) is 40.3 Å². The number of carboxylic acids is 1. The first-order valence-corrected chi connectivity index (χ1v) is 9.72. The molecule has 26 heavy (non-hydrogen) atoms. The zero-order valence-electron chi connectivity index (χ0n) is 14.9. The Hall–Kier alpha value is -2.17. The molecular weight excluding hydrogens is 330 g/mol. The van der Waals surface area contributed by atoms with Gasteiger partial charge in [-0.15, -0.1) is 0 Å². The number of carbonyl (C=O) groups excluding carboxylic acids is 2. The summed E-state index contributed by atoms with van der Waals surface area (Å²) in [5.74, 6) is -0.727. The van der Waals surface area contributed by atoms with Crippen molar-refractivity contribution < 1.29 is 19.5 Å². The van der Waals surface area contributed by atoms with Crippen LogP contribution < -0.4 is 0 Å². The average Bonchev–Trinajstić information content (AvgIpc) is 3.32. The molecule has 4 rings (SSSR count). The number of ketones is 1. The van der Waals surface area contributed by atoms with E-state index in [0.717, 1.165) is 38.5 Å². The summed E-state index contributed by atoms with van der Waals surface area (Å²) in [7, 11) is 0. The van der Waals surface area contributed by atoms with Crippen LogP contribution in [0.5, 0.6) is 0 Å². The topological polar surface area (TPSA) is 74.7 Å². The molecule has 0 radical (unpaired) electrons. The summed E-state index contributed by atoms with van der Waals surface area (Å²) in [6.07, 6.45) is 6.43. The van der Waals surface area contributed by atoms with Gasteiger partial charge >= 0.3 is 5.97 Å². The Balaban J connectivity index is 1.39. The fourth-order valence-electron chi connectivity index (χ4n) is 5.13. The fourth-order valence-corrected chi connectivity index (χ4v) is 5.13. The van der Waals surface area contributed by atoms with E-state index in [2.05, 4.69) is 0 Å². The lowest BCUT2D eigenvalue weighted by atomic mass is 9.94. The Morgan fingerprint density at radius 1 is 1.04 bits per heavy atom. The van der Waals surface area contributed by atoms with Gasteiger partial charge in [-0.1, -0.05) is 18.6 Å². The standard InChI is InChI=1S/C21H25NO4/c23-18(15-8-7-13-3-1-4-14(13)11-15)9-10-19(24)22-12-16-5-2-6-17(16)20(22)21(25)26/h7-8,11,16-17,20H,1-6,9-10,12H2,(H,25,26). The zero-order valence-corrected chi connectivity index (χ0v) is 14.9. The van der Waals surface area contributed by atoms with Crippen molar-refractivity contribution in [1.82, 2.24) is 4.90 Å². The van der Waals surface area contributed by atoms with Gasteiger partial charge in [0.2, 0.25) is 5.91 Å². The third-order valence-electron chi connectivity index (χ3n) is 6.45. The molecule has 0 aromatic heterocycles. The number of nitrogens with zero attached hydrogens (tertiary/aromatic N) is 1. The maximum atomic E-state index is 12.6. The maximum absolute atomic E-state index is 12.6. The number of rotatable bonds is 5. The van der Waals surface area contributed by atoms with E-state index in [4.69, 9.17) is 0 Å². The predicted molar refractivity (Wildman–Crippen MR) is 96.0 cm³/mol. The summed E-state index contributed by atoms with van der Waals surface area (Å²) in [5.41, 5.74) is 3.25. The molecule has 1 heterocycles. The van der Waals surface area contributed by atoms with E-state index in [-0.39, 0.29) is 30.4 Å². The molecule has 138 valence electrons. The fraction of sp³-hybridized carbons (Fsp3) is 0.571. The van der Waals surface area contributed by atoms with Gasteiger partial charge in [-0.05, 0) is 61.1 Å². The lowest BCUT2D eigenvalue weighted by Gasteiger charge is -2.24. The molecule has 2 aliphatic carbocycles. The zero-order chi connectivity index (χ0) is 18.3. The second-order valence-corrected chi connectivity index (χ2v) is 7.94. The van der Waals surface area contributed by atoms with E-state index < -0.39 is 12.0 Å². The third-order valence-corrected chi connectivity index (χ3v) is 6.45. The van der Waals surface area contributed by atoms with Gasteiger partial charge in [0, 0.05) is 24.9 Å². The normalized spacial score (nSPS) is 26.6. The van der Waals surface area contributed by atoms with Gasteiger partial charge in [0.1, 0.15) is 6.04 Å². The average molecular weight is 355 g/mol. The highest BCUT2D eigenvalue weighted by Crippen LogP contribution is 2.42. The lowest BCUT2D eigenvalue weighted by Crippen LogP contribution is -2.43. The van der Waals surface area contributed by atoms with Crippen LogP contribution in [0.2, 0.25) is 0 Å². The number of carboxylic acid groups (broad SMARTS) is 1. The first-order valence-electron chi connectivity index (χ1n) is 9.72. The van der Waals surface area contributed by atoms with Gasteiger partial charge < -0.3 is 10.0 Å². The maximum Gasteiger partial charge on any atom is 0.326 e. The minimum atomic E-state index is -0.905. The Labute approximate surface area is 153 Å². The molecule has 0 spiro atoms. The number of Topliss-reactive ketones (excluding diaryl/α,β-unsaturated/α-hetero) is 1. The van der Waals surface area contributed by atoms with Crippen LogP contribution in [0.15, 0.2) is 18.2 Å². The molecule has 1 amide bonds. The molecule has 5 heteroatoms. The van der Waals surface area contributed by atoms with Crippen LogP contribution in [-0.2, 0) is 22.4 Å². The molecule has 1 aliphatic heterocycles. The number of carbonyl (C=O) groups is 3. The molecule has 1 saturated carbocycles. The summed E-state index contributed by atoms with van der Waals surface area (Å²) in [6.45, 7) is 0.535. The number of aliphatic carboxylic acids is 1. The van der Waals surface area contributed by atoms with Crippen molar-refractivity contribution in [3.63, 3.8) is 0 Å². The van der Waals surface area contributed by atoms with E-state index in [1.165, 1.54) is 16.0 Å². The summed E-state index contributed by atoms with van der Waals surface area (Å²) in [5, 5.41) is 9.56. The number of aryl methyl sites for hydroxylation is 2. The second kappa shape index (κ2) is 6.86. The van der Waals surface area contributed by atoms with Crippen LogP contribution in [0, 0.1) is 11.8 Å². The van der Waals surface area contributed by atoms with Crippen molar-refractivity contribution >= 4 is 17.7 Å². The van der Waals surface area contributed by atoms with Crippen LogP contribution >= 0.6 is 0 Å². The first kappa shape index (κ1) is 17.3. The number of hydrogen-bond donors (Lipinski definition) is 1. The van der Waals surface area contributed by atoms with Crippen LogP contribution in [0.3, 0.4) is 0 Å². The van der Waals surface area contributed by atoms with Crippen molar-refractivity contribution in [2.75, 3.05) is 6.54 Å². The summed E-state index contributed by atoms with van der Waals surface area (Å²) < 4.78 is 0. The van der Waals surface area contributed by atoms with Crippen molar-refractivity contribution in [2.24, 2.45) is 11.8 Å². The molecule has 3 aliphatic rings. The van der Waals surface area contributed by atoms with Crippen molar-refractivity contribution in [3.8, 4) is 0 Å². The number of fused-ring (bicyclic) bond motifs is 2. The third kappa shape index (κ3) is 3.04. The van der Waals surface area contributed by atoms with Crippen LogP contribution in [0.4, 0.5) is 0 Å². The highest BCUT2D eigenvalue weighted by atomic mass is 16.4. The Morgan fingerprint density at radius 3 is 2.65 bits per heavy atom. The summed E-state index contributed by atoms with van der Waals surface area (Å²) in [6, 6.07) is 5.15.